The number of carboxylic acid groups (broad SMARTS) is 1. The van der Waals surface area contributed by atoms with Crippen LogP contribution in [0.3, 0.4) is 0 Å². The number of aliphatic carboxylic acids is 1. The molecule has 1 saturated carbocycles. The number of hydrogen-bond acceptors (Lipinski definition) is 5. The van der Waals surface area contributed by atoms with Gasteiger partial charge in [-0.3, -0.25) is 9.69 Å². The molecule has 0 spiro atoms. The van der Waals surface area contributed by atoms with Crippen LogP contribution < -0.4 is 4.74 Å². The fourth-order valence-corrected chi connectivity index (χ4v) is 6.90. The highest BCUT2D eigenvalue weighted by Crippen LogP contribution is 2.61. The summed E-state index contributed by atoms with van der Waals surface area (Å²) in [5.74, 6) is -0.661. The largest absolute Gasteiger partial charge is 0.497 e. The zero-order valence-corrected chi connectivity index (χ0v) is 19.5. The van der Waals surface area contributed by atoms with Crippen molar-refractivity contribution in [1.82, 2.24) is 4.90 Å². The minimum Gasteiger partial charge on any atom is -0.497 e. The van der Waals surface area contributed by atoms with E-state index in [0.29, 0.717) is 32.5 Å². The van der Waals surface area contributed by atoms with Crippen LogP contribution in [0.1, 0.15) is 35.4 Å². The molecule has 4 atom stereocenters. The Kier molecular flexibility index (Phi) is 5.77. The molecular formula is C27H29NO4S. The average Bonchev–Trinajstić information content (AvgIpc) is 3.50. The standard InChI is InChI=1S/C27H29NO4S/c1-32-22-9-7-21(8-10-22)27(31)13-11-23(20-12-14-33-17-20)26(25(29)30)18-28(16-24(26)27)15-19-5-3-2-4-6-19/h2-10,12,14,17,23-24,31H,11,13,15-16,18H2,1H3,(H,29,30). The molecule has 3 aromatic rings. The smallest absolute Gasteiger partial charge is 0.312 e. The van der Waals surface area contributed by atoms with Gasteiger partial charge in [0.2, 0.25) is 0 Å². The van der Waals surface area contributed by atoms with E-state index in [1.54, 1.807) is 18.4 Å². The van der Waals surface area contributed by atoms with Gasteiger partial charge in [-0.25, -0.2) is 0 Å². The Morgan fingerprint density at radius 3 is 2.55 bits per heavy atom. The van der Waals surface area contributed by atoms with Gasteiger partial charge in [-0.2, -0.15) is 11.3 Å². The summed E-state index contributed by atoms with van der Waals surface area (Å²) in [7, 11) is 1.61. The fourth-order valence-electron chi connectivity index (χ4n) is 6.18. The fraction of sp³-hybridized carbons (Fsp3) is 0.370. The predicted molar refractivity (Wildman–Crippen MR) is 128 cm³/mol. The summed E-state index contributed by atoms with van der Waals surface area (Å²) in [5, 5.41) is 27.0. The normalized spacial score (nSPS) is 29.5. The molecule has 33 heavy (non-hydrogen) atoms. The Bertz CT molecular complexity index is 1100. The molecule has 2 aromatic carbocycles. The van der Waals surface area contributed by atoms with Crippen molar-refractivity contribution in [3.63, 3.8) is 0 Å². The van der Waals surface area contributed by atoms with Crippen molar-refractivity contribution in [1.29, 1.82) is 0 Å². The second-order valence-electron chi connectivity index (χ2n) is 9.35. The number of carbonyl (C=O) groups is 1. The van der Waals surface area contributed by atoms with Crippen LogP contribution in [-0.2, 0) is 16.9 Å². The molecule has 5 nitrogen and oxygen atoms in total. The second kappa shape index (κ2) is 8.60. The molecule has 5 rings (SSSR count). The Morgan fingerprint density at radius 2 is 1.91 bits per heavy atom. The van der Waals surface area contributed by atoms with E-state index in [0.717, 1.165) is 22.4 Å². The van der Waals surface area contributed by atoms with Crippen LogP contribution in [0.15, 0.2) is 71.4 Å². The van der Waals surface area contributed by atoms with Gasteiger partial charge < -0.3 is 14.9 Å². The van der Waals surface area contributed by atoms with Crippen molar-refractivity contribution in [2.24, 2.45) is 11.3 Å². The number of nitrogens with zero attached hydrogens (tertiary/aromatic N) is 1. The Labute approximate surface area is 198 Å². The van der Waals surface area contributed by atoms with Crippen LogP contribution in [0.4, 0.5) is 0 Å². The molecule has 4 unspecified atom stereocenters. The number of fused-ring (bicyclic) bond motifs is 1. The van der Waals surface area contributed by atoms with Crippen molar-refractivity contribution >= 4 is 17.3 Å². The van der Waals surface area contributed by atoms with Crippen molar-refractivity contribution < 1.29 is 19.7 Å². The van der Waals surface area contributed by atoms with Gasteiger partial charge >= 0.3 is 5.97 Å². The molecule has 172 valence electrons. The van der Waals surface area contributed by atoms with Crippen LogP contribution >= 0.6 is 11.3 Å². The number of aliphatic hydroxyl groups is 1. The van der Waals surface area contributed by atoms with Crippen molar-refractivity contribution in [2.45, 2.75) is 30.9 Å². The zero-order chi connectivity index (χ0) is 23.1. The zero-order valence-electron chi connectivity index (χ0n) is 18.7. The summed E-state index contributed by atoms with van der Waals surface area (Å²) in [5.41, 5.74) is 0.706. The maximum absolute atomic E-state index is 13.1. The molecule has 2 fully saturated rings. The number of benzene rings is 2. The summed E-state index contributed by atoms with van der Waals surface area (Å²) in [6, 6.07) is 19.7. The lowest BCUT2D eigenvalue weighted by atomic mass is 9.53. The highest BCUT2D eigenvalue weighted by molar-refractivity contribution is 7.08. The first-order valence-electron chi connectivity index (χ1n) is 11.4. The molecule has 0 amide bonds. The molecule has 2 N–H and O–H groups in total. The minimum absolute atomic E-state index is 0.134. The summed E-state index contributed by atoms with van der Waals surface area (Å²) in [6.07, 6.45) is 1.15. The number of ether oxygens (including phenoxy) is 1. The van der Waals surface area contributed by atoms with E-state index in [9.17, 15) is 15.0 Å². The van der Waals surface area contributed by atoms with Gasteiger partial charge in [-0.1, -0.05) is 42.5 Å². The van der Waals surface area contributed by atoms with Crippen LogP contribution in [-0.4, -0.2) is 41.3 Å². The van der Waals surface area contributed by atoms with Crippen LogP contribution in [0.5, 0.6) is 5.75 Å². The second-order valence-corrected chi connectivity index (χ2v) is 10.1. The number of thiophene rings is 1. The lowest BCUT2D eigenvalue weighted by molar-refractivity contribution is -0.169. The van der Waals surface area contributed by atoms with E-state index in [1.165, 1.54) is 0 Å². The third kappa shape index (κ3) is 3.66. The van der Waals surface area contributed by atoms with Crippen LogP contribution in [0.2, 0.25) is 0 Å². The Morgan fingerprint density at radius 1 is 1.15 bits per heavy atom. The first-order valence-corrected chi connectivity index (χ1v) is 12.3. The molecule has 1 aliphatic carbocycles. The van der Waals surface area contributed by atoms with Crippen molar-refractivity contribution in [3.8, 4) is 5.75 Å². The Balaban J connectivity index is 1.58. The summed E-state index contributed by atoms with van der Waals surface area (Å²) < 4.78 is 5.30. The van der Waals surface area contributed by atoms with Gasteiger partial charge in [0, 0.05) is 31.5 Å². The molecule has 1 saturated heterocycles. The highest BCUT2D eigenvalue weighted by Gasteiger charge is 2.66. The summed E-state index contributed by atoms with van der Waals surface area (Å²) >= 11 is 1.60. The number of methoxy groups -OCH3 is 1. The molecule has 1 aromatic heterocycles. The van der Waals surface area contributed by atoms with E-state index in [4.69, 9.17) is 4.74 Å². The van der Waals surface area contributed by atoms with Gasteiger partial charge in [-0.05, 0) is 58.5 Å². The highest BCUT2D eigenvalue weighted by atomic mass is 32.1. The monoisotopic (exact) mass is 463 g/mol. The topological polar surface area (TPSA) is 70.0 Å². The first-order chi connectivity index (χ1) is 16.0. The van der Waals surface area contributed by atoms with Crippen molar-refractivity contribution in [2.75, 3.05) is 20.2 Å². The van der Waals surface area contributed by atoms with E-state index in [-0.39, 0.29) is 5.92 Å². The number of rotatable bonds is 6. The van der Waals surface area contributed by atoms with Crippen LogP contribution in [0.25, 0.3) is 0 Å². The van der Waals surface area contributed by atoms with Gasteiger partial charge in [0.25, 0.3) is 0 Å². The Hall–Kier alpha value is -2.67. The number of likely N-dealkylation sites (tertiary alicyclic amines) is 1. The van der Waals surface area contributed by atoms with Crippen molar-refractivity contribution in [3.05, 3.63) is 88.1 Å². The van der Waals surface area contributed by atoms with E-state index >= 15 is 0 Å². The van der Waals surface area contributed by atoms with Gasteiger partial charge in [-0.15, -0.1) is 0 Å². The SMILES string of the molecule is COc1ccc(C2(O)CCC(c3ccsc3)C3(C(=O)O)CN(Cc4ccccc4)CC23)cc1. The van der Waals surface area contributed by atoms with E-state index in [2.05, 4.69) is 28.5 Å². The molecule has 6 heteroatoms. The minimum atomic E-state index is -1.22. The third-order valence-electron chi connectivity index (χ3n) is 7.74. The third-order valence-corrected chi connectivity index (χ3v) is 8.44. The van der Waals surface area contributed by atoms with Gasteiger partial charge in [0.1, 0.15) is 5.75 Å². The van der Waals surface area contributed by atoms with E-state index < -0.39 is 22.9 Å². The van der Waals surface area contributed by atoms with Crippen LogP contribution in [0, 0.1) is 11.3 Å². The molecule has 0 bridgehead atoms. The molecule has 2 heterocycles. The molecular weight excluding hydrogens is 434 g/mol. The molecule has 0 radical (unpaired) electrons. The quantitative estimate of drug-likeness (QED) is 0.553. The first kappa shape index (κ1) is 22.1. The van der Waals surface area contributed by atoms with Gasteiger partial charge in [0.05, 0.1) is 18.1 Å². The lowest BCUT2D eigenvalue weighted by Gasteiger charge is -2.50. The summed E-state index contributed by atoms with van der Waals surface area (Å²) in [6.45, 7) is 1.62. The predicted octanol–water partition coefficient (Wildman–Crippen LogP) is 4.72. The number of hydrogen-bond donors (Lipinski definition) is 2. The lowest BCUT2D eigenvalue weighted by Crippen LogP contribution is -2.56. The van der Waals surface area contributed by atoms with E-state index in [1.807, 2.05) is 47.8 Å². The average molecular weight is 464 g/mol. The molecule has 1 aliphatic heterocycles. The van der Waals surface area contributed by atoms with Gasteiger partial charge in [0.15, 0.2) is 0 Å². The molecule has 2 aliphatic rings. The maximum atomic E-state index is 13.1. The number of carboxylic acids is 1. The summed E-state index contributed by atoms with van der Waals surface area (Å²) in [4.78, 5) is 15.3. The maximum Gasteiger partial charge on any atom is 0.312 e.